The second-order valence-electron chi connectivity index (χ2n) is 4.44. The molecular formula is C15H15N2O4S-. The van der Waals surface area contributed by atoms with Crippen molar-refractivity contribution >= 4 is 23.8 Å². The fourth-order valence-corrected chi connectivity index (χ4v) is 2.40. The van der Waals surface area contributed by atoms with E-state index in [4.69, 9.17) is 9.15 Å². The van der Waals surface area contributed by atoms with Crippen LogP contribution in [-0.2, 0) is 11.2 Å². The lowest BCUT2D eigenvalue weighted by atomic mass is 10.1. The quantitative estimate of drug-likeness (QED) is 0.593. The first-order valence-electron chi connectivity index (χ1n) is 6.61. The van der Waals surface area contributed by atoms with Crippen LogP contribution in [-0.4, -0.2) is 23.3 Å². The number of hydrogen-bond donors (Lipinski definition) is 0. The van der Waals surface area contributed by atoms with E-state index in [9.17, 15) is 9.90 Å². The van der Waals surface area contributed by atoms with Crippen molar-refractivity contribution in [3.8, 4) is 5.75 Å². The molecule has 0 saturated carbocycles. The topological polar surface area (TPSA) is 88.3 Å². The summed E-state index contributed by atoms with van der Waals surface area (Å²) in [5.41, 5.74) is 1.64. The summed E-state index contributed by atoms with van der Waals surface area (Å²) in [5.74, 6) is -0.126. The molecule has 6 nitrogen and oxygen atoms in total. The van der Waals surface area contributed by atoms with E-state index in [0.29, 0.717) is 18.1 Å². The van der Waals surface area contributed by atoms with Gasteiger partial charge in [-0.1, -0.05) is 13.0 Å². The molecule has 22 heavy (non-hydrogen) atoms. The summed E-state index contributed by atoms with van der Waals surface area (Å²) in [6.45, 7) is 3.74. The zero-order valence-corrected chi connectivity index (χ0v) is 13.3. The Kier molecular flexibility index (Phi) is 5.21. The smallest absolute Gasteiger partial charge is 0.281 e. The average Bonchev–Trinajstić information content (AvgIpc) is 2.95. The Hall–Kier alpha value is -2.28. The number of carboxylic acid groups (broad SMARTS) is 1. The van der Waals surface area contributed by atoms with Crippen molar-refractivity contribution in [2.45, 2.75) is 25.5 Å². The number of aromatic nitrogens is 2. The standard InChI is InChI=1S/C15H16N2O4S/c1-4-13-16-17-15(21-13)22-12(14(18)19)8-10-5-6-11(20-3)7-9(10)2/h5-8H,4H2,1-3H3,(H,18,19)/p-1/b12-8-. The molecule has 0 aliphatic heterocycles. The number of benzene rings is 1. The number of methoxy groups -OCH3 is 1. The predicted octanol–water partition coefficient (Wildman–Crippen LogP) is 1.83. The highest BCUT2D eigenvalue weighted by Gasteiger charge is 2.10. The third-order valence-electron chi connectivity index (χ3n) is 2.91. The molecule has 7 heteroatoms. The summed E-state index contributed by atoms with van der Waals surface area (Å²) in [6, 6.07) is 5.37. The Morgan fingerprint density at radius 2 is 2.23 bits per heavy atom. The minimum Gasteiger partial charge on any atom is -0.544 e. The van der Waals surface area contributed by atoms with Crippen LogP contribution in [0.25, 0.3) is 6.08 Å². The second-order valence-corrected chi connectivity index (χ2v) is 5.43. The van der Waals surface area contributed by atoms with Crippen molar-refractivity contribution in [1.82, 2.24) is 10.2 Å². The molecule has 0 spiro atoms. The van der Waals surface area contributed by atoms with E-state index in [0.717, 1.165) is 22.9 Å². The summed E-state index contributed by atoms with van der Waals surface area (Å²) >= 11 is 0.874. The molecule has 0 radical (unpaired) electrons. The van der Waals surface area contributed by atoms with Gasteiger partial charge in [-0.3, -0.25) is 0 Å². The van der Waals surface area contributed by atoms with E-state index in [1.54, 1.807) is 19.2 Å². The summed E-state index contributed by atoms with van der Waals surface area (Å²) < 4.78 is 10.4. The maximum Gasteiger partial charge on any atom is 0.281 e. The highest BCUT2D eigenvalue weighted by Crippen LogP contribution is 2.28. The number of aryl methyl sites for hydroxylation is 2. The molecule has 1 heterocycles. The van der Waals surface area contributed by atoms with E-state index in [1.807, 2.05) is 19.9 Å². The van der Waals surface area contributed by atoms with Gasteiger partial charge in [-0.25, -0.2) is 0 Å². The third-order valence-corrected chi connectivity index (χ3v) is 3.76. The number of hydrogen-bond acceptors (Lipinski definition) is 7. The second kappa shape index (κ2) is 7.13. The van der Waals surface area contributed by atoms with Gasteiger partial charge in [-0.15, -0.1) is 10.2 Å². The zero-order chi connectivity index (χ0) is 16.1. The number of thioether (sulfide) groups is 1. The Labute approximate surface area is 132 Å². The first-order valence-corrected chi connectivity index (χ1v) is 7.43. The van der Waals surface area contributed by atoms with Crippen LogP contribution in [0.4, 0.5) is 0 Å². The summed E-state index contributed by atoms with van der Waals surface area (Å²) in [5, 5.41) is 19.1. The van der Waals surface area contributed by atoms with Crippen LogP contribution in [0.15, 0.2) is 32.7 Å². The van der Waals surface area contributed by atoms with E-state index >= 15 is 0 Å². The van der Waals surface area contributed by atoms with Crippen LogP contribution in [0, 0.1) is 6.92 Å². The Bertz CT molecular complexity index is 709. The van der Waals surface area contributed by atoms with E-state index < -0.39 is 5.97 Å². The maximum absolute atomic E-state index is 11.3. The van der Waals surface area contributed by atoms with E-state index in [-0.39, 0.29) is 10.1 Å². The van der Waals surface area contributed by atoms with Gasteiger partial charge in [0.15, 0.2) is 0 Å². The first kappa shape index (κ1) is 16.1. The predicted molar refractivity (Wildman–Crippen MR) is 80.2 cm³/mol. The molecule has 0 bridgehead atoms. The Morgan fingerprint density at radius 3 is 2.77 bits per heavy atom. The van der Waals surface area contributed by atoms with Crippen molar-refractivity contribution in [3.05, 3.63) is 40.1 Å². The molecule has 1 aromatic carbocycles. The van der Waals surface area contributed by atoms with Gasteiger partial charge in [0, 0.05) is 11.3 Å². The summed E-state index contributed by atoms with van der Waals surface area (Å²) in [7, 11) is 1.58. The molecule has 1 aromatic heterocycles. The van der Waals surface area contributed by atoms with E-state index in [1.165, 1.54) is 6.08 Å². The molecule has 0 atom stereocenters. The highest BCUT2D eigenvalue weighted by molar-refractivity contribution is 8.03. The van der Waals surface area contributed by atoms with Crippen LogP contribution >= 0.6 is 11.8 Å². The van der Waals surface area contributed by atoms with Crippen molar-refractivity contribution in [2.24, 2.45) is 0 Å². The fraction of sp³-hybridized carbons (Fsp3) is 0.267. The number of nitrogens with zero attached hydrogens (tertiary/aromatic N) is 2. The normalized spacial score (nSPS) is 11.5. The summed E-state index contributed by atoms with van der Waals surface area (Å²) in [6.07, 6.45) is 2.11. The van der Waals surface area contributed by atoms with Gasteiger partial charge in [-0.2, -0.15) is 0 Å². The number of carboxylic acids is 1. The molecule has 2 aromatic rings. The van der Waals surface area contributed by atoms with Gasteiger partial charge in [0.25, 0.3) is 5.22 Å². The highest BCUT2D eigenvalue weighted by atomic mass is 32.2. The van der Waals surface area contributed by atoms with Gasteiger partial charge in [-0.05, 0) is 48.0 Å². The SMILES string of the molecule is CCc1nnc(S/C(=C\c2ccc(OC)cc2C)C(=O)[O-])o1. The largest absolute Gasteiger partial charge is 0.544 e. The molecule has 0 aliphatic rings. The lowest BCUT2D eigenvalue weighted by Gasteiger charge is -2.08. The zero-order valence-electron chi connectivity index (χ0n) is 12.5. The van der Waals surface area contributed by atoms with Crippen molar-refractivity contribution in [2.75, 3.05) is 7.11 Å². The minimum absolute atomic E-state index is 0.000398. The van der Waals surface area contributed by atoms with Crippen molar-refractivity contribution < 1.29 is 19.1 Å². The molecule has 0 unspecified atom stereocenters. The lowest BCUT2D eigenvalue weighted by Crippen LogP contribution is -2.23. The first-order chi connectivity index (χ1) is 10.5. The molecule has 116 valence electrons. The fourth-order valence-electron chi connectivity index (χ4n) is 1.72. The lowest BCUT2D eigenvalue weighted by molar-refractivity contribution is -0.298. The van der Waals surface area contributed by atoms with Gasteiger partial charge in [0.1, 0.15) is 5.75 Å². The molecular weight excluding hydrogens is 304 g/mol. The Balaban J connectivity index is 2.29. The van der Waals surface area contributed by atoms with Gasteiger partial charge >= 0.3 is 0 Å². The van der Waals surface area contributed by atoms with Gasteiger partial charge in [0.2, 0.25) is 5.89 Å². The molecule has 0 aliphatic carbocycles. The minimum atomic E-state index is -1.29. The monoisotopic (exact) mass is 319 g/mol. The Morgan fingerprint density at radius 1 is 1.45 bits per heavy atom. The number of carbonyl (C=O) groups excluding carboxylic acids is 1. The van der Waals surface area contributed by atoms with E-state index in [2.05, 4.69) is 10.2 Å². The van der Waals surface area contributed by atoms with Crippen LogP contribution in [0.1, 0.15) is 23.9 Å². The van der Waals surface area contributed by atoms with Gasteiger partial charge in [0.05, 0.1) is 13.1 Å². The van der Waals surface area contributed by atoms with Crippen molar-refractivity contribution in [3.63, 3.8) is 0 Å². The van der Waals surface area contributed by atoms with Crippen LogP contribution in [0.5, 0.6) is 5.75 Å². The molecule has 2 rings (SSSR count). The van der Waals surface area contributed by atoms with Crippen molar-refractivity contribution in [1.29, 1.82) is 0 Å². The molecule has 0 fully saturated rings. The number of aliphatic carboxylic acids is 1. The number of carbonyl (C=O) groups is 1. The molecule has 0 saturated heterocycles. The van der Waals surface area contributed by atoms with Crippen LogP contribution in [0.2, 0.25) is 0 Å². The number of rotatable bonds is 6. The molecule has 0 amide bonds. The average molecular weight is 319 g/mol. The third kappa shape index (κ3) is 3.88. The number of ether oxygens (including phenoxy) is 1. The maximum atomic E-state index is 11.3. The summed E-state index contributed by atoms with van der Waals surface area (Å²) in [4.78, 5) is 11.3. The molecule has 0 N–H and O–H groups in total. The van der Waals surface area contributed by atoms with Gasteiger partial charge < -0.3 is 19.1 Å². The van der Waals surface area contributed by atoms with Crippen LogP contribution in [0.3, 0.4) is 0 Å². The van der Waals surface area contributed by atoms with Crippen LogP contribution < -0.4 is 9.84 Å².